The van der Waals surface area contributed by atoms with E-state index in [1.165, 1.54) is 31.3 Å². The van der Waals surface area contributed by atoms with Crippen LogP contribution >= 0.6 is 0 Å². The van der Waals surface area contributed by atoms with Crippen LogP contribution in [0.2, 0.25) is 0 Å². The summed E-state index contributed by atoms with van der Waals surface area (Å²) in [5, 5.41) is 16.2. The summed E-state index contributed by atoms with van der Waals surface area (Å²) in [5.74, 6) is 0.584. The normalized spacial score (nSPS) is 18.1. The molecule has 0 spiro atoms. The van der Waals surface area contributed by atoms with E-state index in [2.05, 4.69) is 25.5 Å². The van der Waals surface area contributed by atoms with Crippen molar-refractivity contribution in [2.24, 2.45) is 5.92 Å². The van der Waals surface area contributed by atoms with Crippen LogP contribution in [0.1, 0.15) is 43.0 Å². The SMILES string of the molecule is CC1CN(C2CCCC2)c2nc(Nc3ccc(O)c(NC(=O)c4ccncc4)c3)ncc2N(C)C1=O. The topological polar surface area (TPSA) is 124 Å². The number of nitrogens with one attached hydrogen (secondary N) is 2. The monoisotopic (exact) mass is 487 g/mol. The van der Waals surface area contributed by atoms with Gasteiger partial charge >= 0.3 is 0 Å². The molecule has 3 aromatic rings. The van der Waals surface area contributed by atoms with E-state index in [1.54, 1.807) is 42.4 Å². The molecule has 1 aromatic carbocycles. The number of anilines is 5. The summed E-state index contributed by atoms with van der Waals surface area (Å²) in [6, 6.07) is 8.33. The van der Waals surface area contributed by atoms with Gasteiger partial charge in [0, 0.05) is 43.3 Å². The van der Waals surface area contributed by atoms with Gasteiger partial charge < -0.3 is 25.5 Å². The maximum absolute atomic E-state index is 12.9. The number of fused-ring (bicyclic) bond motifs is 1. The second-order valence-corrected chi connectivity index (χ2v) is 9.34. The fourth-order valence-corrected chi connectivity index (χ4v) is 4.86. The summed E-state index contributed by atoms with van der Waals surface area (Å²) in [4.78, 5) is 42.5. The van der Waals surface area contributed by atoms with Gasteiger partial charge in [-0.25, -0.2) is 4.98 Å². The molecule has 1 aliphatic heterocycles. The zero-order valence-electron chi connectivity index (χ0n) is 20.3. The van der Waals surface area contributed by atoms with Crippen molar-refractivity contribution in [3.63, 3.8) is 0 Å². The number of hydrogen-bond acceptors (Lipinski definition) is 8. The summed E-state index contributed by atoms with van der Waals surface area (Å²) >= 11 is 0. The number of carbonyl (C=O) groups is 2. The Morgan fingerprint density at radius 1 is 1.14 bits per heavy atom. The quantitative estimate of drug-likeness (QED) is 0.365. The predicted octanol–water partition coefficient (Wildman–Crippen LogP) is 3.93. The molecule has 10 nitrogen and oxygen atoms in total. The van der Waals surface area contributed by atoms with E-state index < -0.39 is 0 Å². The number of pyridine rings is 1. The zero-order valence-corrected chi connectivity index (χ0v) is 20.3. The molecule has 0 radical (unpaired) electrons. The first kappa shape index (κ1) is 23.5. The molecule has 0 saturated heterocycles. The molecule has 1 aliphatic carbocycles. The van der Waals surface area contributed by atoms with Crippen molar-refractivity contribution in [3.8, 4) is 5.75 Å². The molecule has 2 aromatic heterocycles. The van der Waals surface area contributed by atoms with E-state index in [-0.39, 0.29) is 29.2 Å². The fourth-order valence-electron chi connectivity index (χ4n) is 4.86. The first-order valence-corrected chi connectivity index (χ1v) is 12.1. The standard InChI is InChI=1S/C26H29N7O3/c1-16-15-33(19-5-3-4-6-19)23-21(32(2)25(16)36)14-28-26(31-23)29-18-7-8-22(34)20(13-18)30-24(35)17-9-11-27-12-10-17/h7-14,16,19,34H,3-6,15H2,1-2H3,(H,30,35)(H,28,29,31). The van der Waals surface area contributed by atoms with Gasteiger partial charge in [-0.3, -0.25) is 14.6 Å². The Kier molecular flexibility index (Phi) is 6.41. The largest absolute Gasteiger partial charge is 0.506 e. The molecular formula is C26H29N7O3. The van der Waals surface area contributed by atoms with Crippen molar-refractivity contribution < 1.29 is 14.7 Å². The van der Waals surface area contributed by atoms with Gasteiger partial charge in [-0.05, 0) is 43.2 Å². The van der Waals surface area contributed by atoms with E-state index in [4.69, 9.17) is 4.98 Å². The number of phenolic OH excluding ortho intramolecular Hbond substituents is 1. The van der Waals surface area contributed by atoms with E-state index in [1.807, 2.05) is 6.92 Å². The lowest BCUT2D eigenvalue weighted by Gasteiger charge is -2.31. The summed E-state index contributed by atoms with van der Waals surface area (Å²) in [6.07, 6.45) is 9.24. The van der Waals surface area contributed by atoms with E-state index >= 15 is 0 Å². The number of benzene rings is 1. The van der Waals surface area contributed by atoms with Crippen LogP contribution in [-0.2, 0) is 4.79 Å². The highest BCUT2D eigenvalue weighted by molar-refractivity contribution is 6.05. The maximum Gasteiger partial charge on any atom is 0.255 e. The molecule has 1 fully saturated rings. The number of hydrogen-bond donors (Lipinski definition) is 3. The molecule has 1 atom stereocenters. The molecule has 36 heavy (non-hydrogen) atoms. The summed E-state index contributed by atoms with van der Waals surface area (Å²) in [7, 11) is 1.77. The third kappa shape index (κ3) is 4.66. The molecule has 3 heterocycles. The van der Waals surface area contributed by atoms with Crippen LogP contribution in [0.5, 0.6) is 5.75 Å². The minimum absolute atomic E-state index is 0.0502. The van der Waals surface area contributed by atoms with Gasteiger partial charge in [0.2, 0.25) is 11.9 Å². The van der Waals surface area contributed by atoms with Crippen molar-refractivity contribution >= 4 is 40.6 Å². The number of nitrogens with zero attached hydrogens (tertiary/aromatic N) is 5. The number of aromatic hydroxyl groups is 1. The summed E-state index contributed by atoms with van der Waals surface area (Å²) in [6.45, 7) is 2.57. The Hall–Kier alpha value is -4.21. The van der Waals surface area contributed by atoms with Crippen LogP contribution < -0.4 is 20.4 Å². The van der Waals surface area contributed by atoms with E-state index in [0.29, 0.717) is 35.5 Å². The Morgan fingerprint density at radius 2 is 1.89 bits per heavy atom. The average molecular weight is 488 g/mol. The molecule has 3 N–H and O–H groups in total. The van der Waals surface area contributed by atoms with Gasteiger partial charge in [0.05, 0.1) is 17.8 Å². The highest BCUT2D eigenvalue weighted by atomic mass is 16.3. The molecule has 2 aliphatic rings. The van der Waals surface area contributed by atoms with E-state index in [9.17, 15) is 14.7 Å². The zero-order chi connectivity index (χ0) is 25.2. The fraction of sp³-hybridized carbons (Fsp3) is 0.346. The Bertz CT molecular complexity index is 1280. The van der Waals surface area contributed by atoms with Gasteiger partial charge in [-0.15, -0.1) is 0 Å². The number of phenols is 1. The second-order valence-electron chi connectivity index (χ2n) is 9.34. The molecule has 2 amide bonds. The van der Waals surface area contributed by atoms with Gasteiger partial charge in [0.15, 0.2) is 5.82 Å². The van der Waals surface area contributed by atoms with Crippen LogP contribution in [0.3, 0.4) is 0 Å². The van der Waals surface area contributed by atoms with Crippen LogP contribution in [0.25, 0.3) is 0 Å². The predicted molar refractivity (Wildman–Crippen MR) is 138 cm³/mol. The van der Waals surface area contributed by atoms with Crippen LogP contribution in [-0.4, -0.2) is 51.5 Å². The van der Waals surface area contributed by atoms with Crippen LogP contribution in [0.4, 0.5) is 28.8 Å². The van der Waals surface area contributed by atoms with Gasteiger partial charge in [0.25, 0.3) is 5.91 Å². The van der Waals surface area contributed by atoms with E-state index in [0.717, 1.165) is 18.7 Å². The second kappa shape index (κ2) is 9.80. The van der Waals surface area contributed by atoms with Crippen molar-refractivity contribution in [3.05, 3.63) is 54.5 Å². The highest BCUT2D eigenvalue weighted by Gasteiger charge is 2.35. The van der Waals surface area contributed by atoms with Crippen LogP contribution in [0.15, 0.2) is 48.9 Å². The Balaban J connectivity index is 1.42. The lowest BCUT2D eigenvalue weighted by atomic mass is 10.1. The lowest BCUT2D eigenvalue weighted by molar-refractivity contribution is -0.121. The third-order valence-electron chi connectivity index (χ3n) is 6.82. The minimum Gasteiger partial charge on any atom is -0.506 e. The number of rotatable bonds is 5. The van der Waals surface area contributed by atoms with Gasteiger partial charge in [-0.1, -0.05) is 19.8 Å². The molecule has 1 unspecified atom stereocenters. The number of aromatic nitrogens is 3. The van der Waals surface area contributed by atoms with Crippen molar-refractivity contribution in [1.29, 1.82) is 0 Å². The highest BCUT2D eigenvalue weighted by Crippen LogP contribution is 2.37. The Labute approximate surface area is 209 Å². The van der Waals surface area contributed by atoms with Gasteiger partial charge in [-0.2, -0.15) is 4.98 Å². The molecule has 10 heteroatoms. The number of amides is 2. The van der Waals surface area contributed by atoms with Crippen molar-refractivity contribution in [2.45, 2.75) is 38.6 Å². The van der Waals surface area contributed by atoms with Crippen molar-refractivity contribution in [1.82, 2.24) is 15.0 Å². The molecule has 0 bridgehead atoms. The molecule has 186 valence electrons. The maximum atomic E-state index is 12.9. The average Bonchev–Trinajstić information content (AvgIpc) is 3.41. The summed E-state index contributed by atoms with van der Waals surface area (Å²) in [5.41, 5.74) is 1.97. The Morgan fingerprint density at radius 3 is 2.64 bits per heavy atom. The third-order valence-corrected chi connectivity index (χ3v) is 6.82. The smallest absolute Gasteiger partial charge is 0.255 e. The van der Waals surface area contributed by atoms with Gasteiger partial charge in [0.1, 0.15) is 11.4 Å². The first-order valence-electron chi connectivity index (χ1n) is 12.1. The molecule has 5 rings (SSSR count). The number of carbonyl (C=O) groups excluding carboxylic acids is 2. The van der Waals surface area contributed by atoms with Crippen LogP contribution in [0, 0.1) is 5.92 Å². The lowest BCUT2D eigenvalue weighted by Crippen LogP contribution is -2.38. The summed E-state index contributed by atoms with van der Waals surface area (Å²) < 4.78 is 0. The minimum atomic E-state index is -0.361. The van der Waals surface area contributed by atoms with Crippen molar-refractivity contribution in [2.75, 3.05) is 34.0 Å². The molecule has 1 saturated carbocycles. The first-order chi connectivity index (χ1) is 17.4. The molecular weight excluding hydrogens is 458 g/mol.